The summed E-state index contributed by atoms with van der Waals surface area (Å²) >= 11 is 4.26. The second-order valence-electron chi connectivity index (χ2n) is 10.6. The van der Waals surface area contributed by atoms with E-state index in [1.165, 1.54) is 34.4 Å². The first-order valence-electron chi connectivity index (χ1n) is 15.1. The Bertz CT molecular complexity index is 1730. The molecule has 2 heterocycles. The second kappa shape index (κ2) is 15.9. The molecule has 3 N–H and O–H groups in total. The smallest absolute Gasteiger partial charge is 0.341 e. The lowest BCUT2D eigenvalue weighted by atomic mass is 10.1. The van der Waals surface area contributed by atoms with Crippen molar-refractivity contribution in [3.05, 3.63) is 104 Å². The van der Waals surface area contributed by atoms with Crippen LogP contribution in [-0.2, 0) is 27.2 Å². The second-order valence-corrected chi connectivity index (χ2v) is 14.1. The number of amides is 3. The van der Waals surface area contributed by atoms with Gasteiger partial charge >= 0.3 is 5.97 Å². The predicted octanol–water partition coefficient (Wildman–Crippen LogP) is 7.78. The molecule has 4 aromatic rings. The minimum Gasteiger partial charge on any atom is -0.462 e. The van der Waals surface area contributed by atoms with Crippen molar-refractivity contribution in [1.82, 2.24) is 5.32 Å². The summed E-state index contributed by atoms with van der Waals surface area (Å²) in [6.45, 7) is 3.84. The van der Waals surface area contributed by atoms with Crippen molar-refractivity contribution in [2.75, 3.05) is 17.2 Å². The molecule has 0 radical (unpaired) electrons. The highest BCUT2D eigenvalue weighted by molar-refractivity contribution is 8.00. The molecular weight excluding hydrogens is 639 g/mol. The third-order valence-electron chi connectivity index (χ3n) is 7.27. The number of ether oxygens (including phenoxy) is 1. The van der Waals surface area contributed by atoms with Gasteiger partial charge in [-0.2, -0.15) is 0 Å². The maximum atomic E-state index is 13.4. The molecule has 0 spiro atoms. The van der Waals surface area contributed by atoms with Crippen molar-refractivity contribution in [1.29, 1.82) is 0 Å². The Morgan fingerprint density at radius 1 is 0.957 bits per heavy atom. The number of rotatable bonds is 11. The Morgan fingerprint density at radius 2 is 1.76 bits per heavy atom. The first kappa shape index (κ1) is 33.2. The Labute approximate surface area is 280 Å². The fraction of sp³-hybridized carbons (Fsp3) is 0.257. The standard InChI is InChI=1S/C35H35N3O5S3/c1-3-43-35(42)30-27-17-8-5-9-18-29(27)46-34(30)38-31(39)22(2)45-26-15-10-14-24(20-26)36-33(41)28(21-25-16-11-19-44-25)37-32(40)23-12-6-4-7-13-23/h4,6-7,10-16,19-22H,3,5,8-9,17-18H2,1-2H3,(H,36,41)(H,37,40)(H,38,39)/b28-21-. The molecule has 0 saturated heterocycles. The number of anilines is 2. The van der Waals surface area contributed by atoms with Crippen LogP contribution < -0.4 is 16.0 Å². The van der Waals surface area contributed by atoms with Gasteiger partial charge < -0.3 is 20.7 Å². The van der Waals surface area contributed by atoms with Gasteiger partial charge in [0.15, 0.2) is 0 Å². The van der Waals surface area contributed by atoms with Gasteiger partial charge in [0.05, 0.1) is 17.4 Å². The summed E-state index contributed by atoms with van der Waals surface area (Å²) in [6.07, 6.45) is 6.53. The van der Waals surface area contributed by atoms with E-state index in [1.54, 1.807) is 62.4 Å². The molecule has 1 unspecified atom stereocenters. The number of hydrogen-bond donors (Lipinski definition) is 3. The van der Waals surface area contributed by atoms with Crippen LogP contribution >= 0.6 is 34.4 Å². The number of nitrogens with one attached hydrogen (secondary N) is 3. The zero-order valence-corrected chi connectivity index (χ0v) is 28.0. The summed E-state index contributed by atoms with van der Waals surface area (Å²) < 4.78 is 5.36. The maximum Gasteiger partial charge on any atom is 0.341 e. The number of benzene rings is 2. The molecule has 1 aliphatic rings. The molecule has 11 heteroatoms. The highest BCUT2D eigenvalue weighted by Crippen LogP contribution is 2.38. The number of thiophene rings is 2. The van der Waals surface area contributed by atoms with E-state index < -0.39 is 23.0 Å². The number of fused-ring (bicyclic) bond motifs is 1. The van der Waals surface area contributed by atoms with Gasteiger partial charge in [0, 0.05) is 25.9 Å². The van der Waals surface area contributed by atoms with Gasteiger partial charge in [0.1, 0.15) is 10.7 Å². The molecule has 0 fully saturated rings. The van der Waals surface area contributed by atoms with Gasteiger partial charge in [0.25, 0.3) is 11.8 Å². The summed E-state index contributed by atoms with van der Waals surface area (Å²) in [4.78, 5) is 55.3. The van der Waals surface area contributed by atoms with Crippen LogP contribution in [0.15, 0.2) is 82.7 Å². The summed E-state index contributed by atoms with van der Waals surface area (Å²) in [6, 6.07) is 19.6. The van der Waals surface area contributed by atoms with Crippen molar-refractivity contribution in [3.8, 4) is 0 Å². The molecule has 1 atom stereocenters. The summed E-state index contributed by atoms with van der Waals surface area (Å²) in [7, 11) is 0. The van der Waals surface area contributed by atoms with E-state index >= 15 is 0 Å². The van der Waals surface area contributed by atoms with Gasteiger partial charge in [-0.1, -0.05) is 36.8 Å². The number of carbonyl (C=O) groups excluding carboxylic acids is 4. The maximum absolute atomic E-state index is 13.4. The number of hydrogen-bond acceptors (Lipinski definition) is 8. The van der Waals surface area contributed by atoms with Crippen LogP contribution in [-0.4, -0.2) is 35.5 Å². The lowest BCUT2D eigenvalue weighted by Gasteiger charge is -2.14. The molecule has 5 rings (SSSR count). The van der Waals surface area contributed by atoms with E-state index in [1.807, 2.05) is 29.6 Å². The van der Waals surface area contributed by atoms with E-state index in [2.05, 4.69) is 16.0 Å². The molecule has 8 nitrogen and oxygen atoms in total. The SMILES string of the molecule is CCOC(=O)c1c(NC(=O)C(C)Sc2cccc(NC(=O)/C(=C/c3cccs3)NC(=O)c3ccccc3)c2)sc2c1CCCCC2. The fourth-order valence-electron chi connectivity index (χ4n) is 5.02. The highest BCUT2D eigenvalue weighted by atomic mass is 32.2. The van der Waals surface area contributed by atoms with Crippen molar-refractivity contribution in [2.45, 2.75) is 56.1 Å². The van der Waals surface area contributed by atoms with Crippen LogP contribution in [0.3, 0.4) is 0 Å². The van der Waals surface area contributed by atoms with Crippen LogP contribution in [0.4, 0.5) is 10.7 Å². The van der Waals surface area contributed by atoms with E-state index in [-0.39, 0.29) is 18.2 Å². The van der Waals surface area contributed by atoms with Crippen LogP contribution in [0.25, 0.3) is 6.08 Å². The van der Waals surface area contributed by atoms with Crippen molar-refractivity contribution in [2.24, 2.45) is 0 Å². The molecule has 2 aromatic carbocycles. The Morgan fingerprint density at radius 3 is 2.52 bits per heavy atom. The quantitative estimate of drug-likeness (QED) is 0.0649. The summed E-state index contributed by atoms with van der Waals surface area (Å²) in [5.74, 6) is -1.50. The first-order chi connectivity index (χ1) is 22.3. The minimum atomic E-state index is -0.498. The monoisotopic (exact) mass is 673 g/mol. The summed E-state index contributed by atoms with van der Waals surface area (Å²) in [5.41, 5.74) is 2.55. The number of thioether (sulfide) groups is 1. The zero-order valence-electron chi connectivity index (χ0n) is 25.6. The first-order valence-corrected chi connectivity index (χ1v) is 17.7. The molecule has 0 aliphatic heterocycles. The average Bonchev–Trinajstić information content (AvgIpc) is 3.62. The molecule has 0 bridgehead atoms. The topological polar surface area (TPSA) is 114 Å². The largest absolute Gasteiger partial charge is 0.462 e. The van der Waals surface area contributed by atoms with Crippen molar-refractivity contribution in [3.63, 3.8) is 0 Å². The molecular formula is C35H35N3O5S3. The van der Waals surface area contributed by atoms with Gasteiger partial charge in [0.2, 0.25) is 5.91 Å². The fourth-order valence-corrected chi connectivity index (χ4v) is 7.89. The van der Waals surface area contributed by atoms with E-state index in [0.717, 1.165) is 52.3 Å². The molecule has 0 saturated carbocycles. The van der Waals surface area contributed by atoms with Crippen molar-refractivity contribution < 1.29 is 23.9 Å². The summed E-state index contributed by atoms with van der Waals surface area (Å²) in [5, 5.41) is 10.6. The van der Waals surface area contributed by atoms with Gasteiger partial charge in [-0.15, -0.1) is 34.4 Å². The highest BCUT2D eigenvalue weighted by Gasteiger charge is 2.28. The van der Waals surface area contributed by atoms with Crippen LogP contribution in [0, 0.1) is 0 Å². The van der Waals surface area contributed by atoms with Crippen LogP contribution in [0.1, 0.15) is 69.1 Å². The van der Waals surface area contributed by atoms with E-state index in [4.69, 9.17) is 4.74 Å². The number of carbonyl (C=O) groups is 4. The zero-order chi connectivity index (χ0) is 32.5. The minimum absolute atomic E-state index is 0.105. The Balaban J connectivity index is 1.27. The van der Waals surface area contributed by atoms with Crippen LogP contribution in [0.5, 0.6) is 0 Å². The molecule has 1 aliphatic carbocycles. The van der Waals surface area contributed by atoms with Gasteiger partial charge in [-0.05, 0) is 92.9 Å². The molecule has 2 aromatic heterocycles. The van der Waals surface area contributed by atoms with E-state index in [9.17, 15) is 19.2 Å². The lowest BCUT2D eigenvalue weighted by Crippen LogP contribution is -2.30. The predicted molar refractivity (Wildman–Crippen MR) is 187 cm³/mol. The number of aryl methyl sites for hydroxylation is 1. The van der Waals surface area contributed by atoms with Gasteiger partial charge in [-0.25, -0.2) is 4.79 Å². The normalized spacial score (nSPS) is 13.6. The number of esters is 1. The lowest BCUT2D eigenvalue weighted by molar-refractivity contribution is -0.115. The third kappa shape index (κ3) is 8.54. The van der Waals surface area contributed by atoms with E-state index in [0.29, 0.717) is 21.8 Å². The Kier molecular flexibility index (Phi) is 11.5. The van der Waals surface area contributed by atoms with Crippen LogP contribution in [0.2, 0.25) is 0 Å². The molecule has 46 heavy (non-hydrogen) atoms. The Hall–Kier alpha value is -4.19. The molecule has 3 amide bonds. The van der Waals surface area contributed by atoms with Gasteiger partial charge in [-0.3, -0.25) is 14.4 Å². The molecule has 238 valence electrons. The third-order valence-corrected chi connectivity index (χ3v) is 10.4. The average molecular weight is 674 g/mol. The van der Waals surface area contributed by atoms with Crippen molar-refractivity contribution >= 4 is 74.9 Å².